The molecular weight excluding hydrogens is 266 g/mol. The van der Waals surface area contributed by atoms with Crippen LogP contribution < -0.4 is 10.5 Å². The SMILES string of the molecule is Cc1cc(OCCCS(=O)(=O)O)c(N)cc1Cl. The average Bonchev–Trinajstić information content (AvgIpc) is 2.18. The number of aryl methyl sites for hydroxylation is 1. The minimum atomic E-state index is -3.94. The predicted molar refractivity (Wildman–Crippen MR) is 67.1 cm³/mol. The monoisotopic (exact) mass is 279 g/mol. The minimum Gasteiger partial charge on any atom is -0.491 e. The van der Waals surface area contributed by atoms with E-state index in [0.717, 1.165) is 5.56 Å². The first-order valence-electron chi connectivity index (χ1n) is 4.93. The summed E-state index contributed by atoms with van der Waals surface area (Å²) in [4.78, 5) is 0. The summed E-state index contributed by atoms with van der Waals surface area (Å²) in [5.41, 5.74) is 6.90. The highest BCUT2D eigenvalue weighted by molar-refractivity contribution is 7.85. The maximum Gasteiger partial charge on any atom is 0.264 e. The van der Waals surface area contributed by atoms with Gasteiger partial charge in [-0.05, 0) is 31.0 Å². The van der Waals surface area contributed by atoms with Crippen molar-refractivity contribution in [3.05, 3.63) is 22.7 Å². The highest BCUT2D eigenvalue weighted by Gasteiger charge is 2.07. The Hall–Kier alpha value is -0.980. The second-order valence-corrected chi connectivity index (χ2v) is 5.61. The van der Waals surface area contributed by atoms with Gasteiger partial charge < -0.3 is 10.5 Å². The van der Waals surface area contributed by atoms with Crippen molar-refractivity contribution in [2.75, 3.05) is 18.1 Å². The van der Waals surface area contributed by atoms with Gasteiger partial charge in [-0.1, -0.05) is 11.6 Å². The van der Waals surface area contributed by atoms with Crippen LogP contribution >= 0.6 is 11.6 Å². The Labute approximate surface area is 105 Å². The normalized spacial score (nSPS) is 11.5. The molecule has 0 spiro atoms. The zero-order chi connectivity index (χ0) is 13.1. The van der Waals surface area contributed by atoms with Crippen molar-refractivity contribution < 1.29 is 17.7 Å². The topological polar surface area (TPSA) is 89.6 Å². The highest BCUT2D eigenvalue weighted by Crippen LogP contribution is 2.28. The summed E-state index contributed by atoms with van der Waals surface area (Å²) in [6.07, 6.45) is 0.194. The summed E-state index contributed by atoms with van der Waals surface area (Å²) in [6.45, 7) is 1.97. The molecule has 0 aliphatic carbocycles. The number of hydrogen-bond donors (Lipinski definition) is 2. The summed E-state index contributed by atoms with van der Waals surface area (Å²) in [7, 11) is -3.94. The number of ether oxygens (including phenoxy) is 1. The summed E-state index contributed by atoms with van der Waals surface area (Å²) < 4.78 is 34.8. The van der Waals surface area contributed by atoms with Crippen molar-refractivity contribution in [3.8, 4) is 5.75 Å². The van der Waals surface area contributed by atoms with E-state index in [-0.39, 0.29) is 18.8 Å². The van der Waals surface area contributed by atoms with Gasteiger partial charge in [0.05, 0.1) is 18.0 Å². The van der Waals surface area contributed by atoms with Gasteiger partial charge in [0.25, 0.3) is 10.1 Å². The number of anilines is 1. The molecule has 1 aromatic carbocycles. The lowest BCUT2D eigenvalue weighted by molar-refractivity contribution is 0.317. The molecule has 96 valence electrons. The van der Waals surface area contributed by atoms with E-state index in [4.69, 9.17) is 26.6 Å². The van der Waals surface area contributed by atoms with E-state index in [0.29, 0.717) is 16.5 Å². The van der Waals surface area contributed by atoms with E-state index in [9.17, 15) is 8.42 Å². The van der Waals surface area contributed by atoms with Crippen molar-refractivity contribution in [1.29, 1.82) is 0 Å². The van der Waals surface area contributed by atoms with Crippen LogP contribution in [0, 0.1) is 6.92 Å². The molecule has 0 saturated heterocycles. The number of nitrogens with two attached hydrogens (primary N) is 1. The molecule has 0 bridgehead atoms. The zero-order valence-electron chi connectivity index (χ0n) is 9.31. The van der Waals surface area contributed by atoms with Gasteiger partial charge in [0.15, 0.2) is 0 Å². The molecule has 0 fully saturated rings. The Balaban J connectivity index is 2.55. The minimum absolute atomic E-state index is 0.158. The third-order valence-corrected chi connectivity index (χ3v) is 3.31. The molecule has 0 amide bonds. The maximum atomic E-state index is 10.5. The standard InChI is InChI=1S/C10H14ClNO4S/c1-7-5-10(9(12)6-8(7)11)16-3-2-4-17(13,14)15/h5-6H,2-4,12H2,1H3,(H,13,14,15). The molecular formula is C10H14ClNO4S. The third-order valence-electron chi connectivity index (χ3n) is 2.10. The van der Waals surface area contributed by atoms with Gasteiger partial charge in [0.1, 0.15) is 5.75 Å². The van der Waals surface area contributed by atoms with Gasteiger partial charge in [-0.15, -0.1) is 0 Å². The smallest absolute Gasteiger partial charge is 0.264 e. The average molecular weight is 280 g/mol. The molecule has 0 aromatic heterocycles. The van der Waals surface area contributed by atoms with Crippen LogP contribution in [0.15, 0.2) is 12.1 Å². The van der Waals surface area contributed by atoms with Gasteiger partial charge in [-0.2, -0.15) is 8.42 Å². The van der Waals surface area contributed by atoms with Crippen molar-refractivity contribution >= 4 is 27.4 Å². The van der Waals surface area contributed by atoms with E-state index in [1.54, 1.807) is 12.1 Å². The predicted octanol–water partition coefficient (Wildman–Crippen LogP) is 1.89. The van der Waals surface area contributed by atoms with Gasteiger partial charge >= 0.3 is 0 Å². The summed E-state index contributed by atoms with van der Waals surface area (Å²) >= 11 is 5.86. The maximum absolute atomic E-state index is 10.5. The van der Waals surface area contributed by atoms with Crippen LogP contribution in [0.4, 0.5) is 5.69 Å². The molecule has 0 atom stereocenters. The second-order valence-electron chi connectivity index (χ2n) is 3.63. The number of rotatable bonds is 5. The van der Waals surface area contributed by atoms with Crippen LogP contribution in [-0.4, -0.2) is 25.3 Å². The van der Waals surface area contributed by atoms with Crippen LogP contribution in [-0.2, 0) is 10.1 Å². The molecule has 0 heterocycles. The fraction of sp³-hybridized carbons (Fsp3) is 0.400. The molecule has 7 heteroatoms. The largest absolute Gasteiger partial charge is 0.491 e. The number of benzene rings is 1. The van der Waals surface area contributed by atoms with E-state index in [1.165, 1.54) is 0 Å². The van der Waals surface area contributed by atoms with E-state index in [2.05, 4.69) is 0 Å². The van der Waals surface area contributed by atoms with E-state index < -0.39 is 10.1 Å². The molecule has 0 saturated carbocycles. The lowest BCUT2D eigenvalue weighted by Crippen LogP contribution is -2.09. The fourth-order valence-electron chi connectivity index (χ4n) is 1.22. The summed E-state index contributed by atoms with van der Waals surface area (Å²) in [5.74, 6) is 0.127. The number of hydrogen-bond acceptors (Lipinski definition) is 4. The van der Waals surface area contributed by atoms with Crippen LogP contribution in [0.1, 0.15) is 12.0 Å². The first-order chi connectivity index (χ1) is 7.79. The van der Waals surface area contributed by atoms with Crippen LogP contribution in [0.5, 0.6) is 5.75 Å². The lowest BCUT2D eigenvalue weighted by atomic mass is 10.2. The molecule has 0 aliphatic heterocycles. The van der Waals surface area contributed by atoms with Crippen molar-refractivity contribution in [3.63, 3.8) is 0 Å². The molecule has 1 aromatic rings. The summed E-state index contributed by atoms with van der Waals surface area (Å²) in [6, 6.07) is 3.26. The van der Waals surface area contributed by atoms with Crippen molar-refractivity contribution in [2.24, 2.45) is 0 Å². The van der Waals surface area contributed by atoms with Gasteiger partial charge in [-0.3, -0.25) is 4.55 Å². The van der Waals surface area contributed by atoms with Crippen LogP contribution in [0.3, 0.4) is 0 Å². The number of halogens is 1. The zero-order valence-corrected chi connectivity index (χ0v) is 10.9. The van der Waals surface area contributed by atoms with E-state index in [1.807, 2.05) is 6.92 Å². The fourth-order valence-corrected chi connectivity index (χ4v) is 1.87. The highest BCUT2D eigenvalue weighted by atomic mass is 35.5. The van der Waals surface area contributed by atoms with Gasteiger partial charge in [0, 0.05) is 5.02 Å². The second kappa shape index (κ2) is 5.57. The third kappa shape index (κ3) is 4.80. The Morgan fingerprint density at radius 2 is 2.12 bits per heavy atom. The van der Waals surface area contributed by atoms with E-state index >= 15 is 0 Å². The van der Waals surface area contributed by atoms with Crippen molar-refractivity contribution in [1.82, 2.24) is 0 Å². The quantitative estimate of drug-likeness (QED) is 0.488. The van der Waals surface area contributed by atoms with Crippen LogP contribution in [0.25, 0.3) is 0 Å². The molecule has 0 aliphatic rings. The van der Waals surface area contributed by atoms with Gasteiger partial charge in [0.2, 0.25) is 0 Å². The Kier molecular flexibility index (Phi) is 4.62. The molecule has 1 rings (SSSR count). The Morgan fingerprint density at radius 3 is 2.71 bits per heavy atom. The molecule has 17 heavy (non-hydrogen) atoms. The van der Waals surface area contributed by atoms with Gasteiger partial charge in [-0.25, -0.2) is 0 Å². The first-order valence-corrected chi connectivity index (χ1v) is 6.92. The summed E-state index contributed by atoms with van der Waals surface area (Å²) in [5, 5.41) is 0.549. The Morgan fingerprint density at radius 1 is 1.47 bits per heavy atom. The van der Waals surface area contributed by atoms with Crippen molar-refractivity contribution in [2.45, 2.75) is 13.3 Å². The molecule has 0 unspecified atom stereocenters. The van der Waals surface area contributed by atoms with Crippen LogP contribution in [0.2, 0.25) is 5.02 Å². The lowest BCUT2D eigenvalue weighted by Gasteiger charge is -2.10. The number of nitrogen functional groups attached to an aromatic ring is 1. The Bertz CT molecular complexity index is 501. The molecule has 0 radical (unpaired) electrons. The molecule has 5 nitrogen and oxygen atoms in total. The molecule has 3 N–H and O–H groups in total. The first kappa shape index (κ1) is 14.1.